The van der Waals surface area contributed by atoms with Crippen molar-refractivity contribution in [3.05, 3.63) is 49.8 Å². The maximum Gasteiger partial charge on any atom is 0.328 e. The molecule has 0 radical (unpaired) electrons. The van der Waals surface area contributed by atoms with Gasteiger partial charge in [0, 0.05) is 36.3 Å². The monoisotopic (exact) mass is 320 g/mol. The Balaban J connectivity index is 1.79. The summed E-state index contributed by atoms with van der Waals surface area (Å²) in [5, 5.41) is 0. The molecule has 1 aliphatic rings. The van der Waals surface area contributed by atoms with Crippen molar-refractivity contribution in [3.8, 4) is 0 Å². The number of H-pyrrole nitrogens is 1. The van der Waals surface area contributed by atoms with Gasteiger partial charge < -0.3 is 4.57 Å². The molecule has 0 fully saturated rings. The molecular formula is C15H20N4O2S. The largest absolute Gasteiger partial charge is 0.335 e. The predicted molar refractivity (Wildman–Crippen MR) is 87.5 cm³/mol. The zero-order valence-corrected chi connectivity index (χ0v) is 13.7. The molecule has 2 aromatic rings. The van der Waals surface area contributed by atoms with Gasteiger partial charge in [0.2, 0.25) is 0 Å². The molecule has 0 saturated carbocycles. The molecule has 2 aromatic heterocycles. The van der Waals surface area contributed by atoms with Gasteiger partial charge in [0.15, 0.2) is 0 Å². The van der Waals surface area contributed by atoms with Crippen LogP contribution in [0.2, 0.25) is 0 Å². The summed E-state index contributed by atoms with van der Waals surface area (Å²) in [7, 11) is 0. The third kappa shape index (κ3) is 2.90. The van der Waals surface area contributed by atoms with Crippen molar-refractivity contribution in [1.29, 1.82) is 0 Å². The second-order valence-corrected chi connectivity index (χ2v) is 6.72. The molecule has 0 spiro atoms. The first-order valence-electron chi connectivity index (χ1n) is 7.49. The van der Waals surface area contributed by atoms with Gasteiger partial charge in [-0.1, -0.05) is 0 Å². The summed E-state index contributed by atoms with van der Waals surface area (Å²) >= 11 is 1.74. The number of rotatable bonds is 4. The van der Waals surface area contributed by atoms with Crippen molar-refractivity contribution in [2.45, 2.75) is 45.5 Å². The van der Waals surface area contributed by atoms with Crippen molar-refractivity contribution < 1.29 is 0 Å². The fourth-order valence-corrected chi connectivity index (χ4v) is 3.95. The Morgan fingerprint density at radius 2 is 2.14 bits per heavy atom. The molecule has 118 valence electrons. The van der Waals surface area contributed by atoms with Crippen LogP contribution in [0.5, 0.6) is 0 Å². The summed E-state index contributed by atoms with van der Waals surface area (Å²) in [6, 6.07) is 0. The number of aryl methyl sites for hydroxylation is 3. The van der Waals surface area contributed by atoms with Gasteiger partial charge in [0.05, 0.1) is 5.69 Å². The highest BCUT2D eigenvalue weighted by Crippen LogP contribution is 2.20. The van der Waals surface area contributed by atoms with Gasteiger partial charge in [-0.25, -0.2) is 9.78 Å². The van der Waals surface area contributed by atoms with E-state index in [1.807, 2.05) is 20.0 Å². The van der Waals surface area contributed by atoms with E-state index in [1.165, 1.54) is 0 Å². The molecule has 7 heteroatoms. The highest BCUT2D eigenvalue weighted by atomic mass is 32.2. The Hall–Kier alpha value is -1.76. The maximum absolute atomic E-state index is 12.1. The first-order valence-corrected chi connectivity index (χ1v) is 8.64. The van der Waals surface area contributed by atoms with E-state index in [0.29, 0.717) is 12.3 Å². The number of imidazole rings is 1. The van der Waals surface area contributed by atoms with Crippen LogP contribution in [0.1, 0.15) is 29.2 Å². The van der Waals surface area contributed by atoms with Crippen LogP contribution in [0, 0.1) is 13.8 Å². The average Bonchev–Trinajstić information content (AvgIpc) is 2.80. The minimum Gasteiger partial charge on any atom is -0.335 e. The number of nitrogens with one attached hydrogen (secondary N) is 1. The quantitative estimate of drug-likeness (QED) is 0.919. The minimum atomic E-state index is -0.283. The fourth-order valence-electron chi connectivity index (χ4n) is 2.96. The fraction of sp³-hybridized carbons (Fsp3) is 0.533. The van der Waals surface area contributed by atoms with Crippen molar-refractivity contribution >= 4 is 11.8 Å². The number of nitrogens with zero attached hydrogens (tertiary/aromatic N) is 3. The summed E-state index contributed by atoms with van der Waals surface area (Å²) < 4.78 is 3.85. The van der Waals surface area contributed by atoms with Gasteiger partial charge in [0.1, 0.15) is 5.82 Å². The molecule has 0 bridgehead atoms. The van der Waals surface area contributed by atoms with E-state index in [2.05, 4.69) is 14.5 Å². The summed E-state index contributed by atoms with van der Waals surface area (Å²) in [6.45, 7) is 5.41. The number of aromatic amines is 1. The van der Waals surface area contributed by atoms with E-state index in [4.69, 9.17) is 0 Å². The van der Waals surface area contributed by atoms with Crippen molar-refractivity contribution in [2.24, 2.45) is 0 Å². The molecule has 1 N–H and O–H groups in total. The summed E-state index contributed by atoms with van der Waals surface area (Å²) in [5.74, 6) is 2.66. The van der Waals surface area contributed by atoms with Crippen LogP contribution in [-0.4, -0.2) is 24.9 Å². The lowest BCUT2D eigenvalue weighted by Gasteiger charge is -2.19. The van der Waals surface area contributed by atoms with E-state index in [9.17, 15) is 9.59 Å². The smallest absolute Gasteiger partial charge is 0.328 e. The third-order valence-electron chi connectivity index (χ3n) is 4.02. The number of thioether (sulfide) groups is 1. The molecule has 0 aromatic carbocycles. The Morgan fingerprint density at radius 3 is 2.86 bits per heavy atom. The van der Waals surface area contributed by atoms with Crippen LogP contribution in [-0.2, 0) is 25.3 Å². The lowest BCUT2D eigenvalue weighted by atomic mass is 10.2. The Morgan fingerprint density at radius 1 is 1.32 bits per heavy atom. The maximum atomic E-state index is 12.1. The number of hydrogen-bond donors (Lipinski definition) is 1. The zero-order valence-electron chi connectivity index (χ0n) is 12.9. The summed E-state index contributed by atoms with van der Waals surface area (Å²) in [6.07, 6.45) is 3.65. The Labute approximate surface area is 132 Å². The zero-order chi connectivity index (χ0) is 15.7. The SMILES string of the molecule is Cc1cn(CCCn2c3c(c(=O)[nH]c2=O)CSCC3)c(C)n1. The molecule has 0 amide bonds. The van der Waals surface area contributed by atoms with Crippen LogP contribution in [0.3, 0.4) is 0 Å². The molecule has 0 atom stereocenters. The lowest BCUT2D eigenvalue weighted by molar-refractivity contribution is 0.521. The number of fused-ring (bicyclic) bond motifs is 1. The van der Waals surface area contributed by atoms with Crippen LogP contribution in [0.15, 0.2) is 15.8 Å². The summed E-state index contributed by atoms with van der Waals surface area (Å²) in [4.78, 5) is 30.8. The Kier molecular flexibility index (Phi) is 4.24. The minimum absolute atomic E-state index is 0.218. The van der Waals surface area contributed by atoms with Gasteiger partial charge >= 0.3 is 5.69 Å². The highest BCUT2D eigenvalue weighted by Gasteiger charge is 2.18. The molecule has 0 saturated heterocycles. The second-order valence-electron chi connectivity index (χ2n) is 5.62. The van der Waals surface area contributed by atoms with E-state index >= 15 is 0 Å². The third-order valence-corrected chi connectivity index (χ3v) is 5.01. The van der Waals surface area contributed by atoms with Crippen LogP contribution < -0.4 is 11.2 Å². The first kappa shape index (κ1) is 15.1. The molecule has 0 aliphatic carbocycles. The molecule has 0 unspecified atom stereocenters. The molecule has 3 heterocycles. The molecule has 22 heavy (non-hydrogen) atoms. The van der Waals surface area contributed by atoms with Crippen molar-refractivity contribution in [2.75, 3.05) is 5.75 Å². The van der Waals surface area contributed by atoms with Crippen molar-refractivity contribution in [1.82, 2.24) is 19.1 Å². The molecular weight excluding hydrogens is 300 g/mol. The van der Waals surface area contributed by atoms with Crippen LogP contribution >= 0.6 is 11.8 Å². The average molecular weight is 320 g/mol. The topological polar surface area (TPSA) is 72.7 Å². The normalized spacial score (nSPS) is 14.1. The summed E-state index contributed by atoms with van der Waals surface area (Å²) in [5.41, 5.74) is 2.20. The van der Waals surface area contributed by atoms with E-state index in [0.717, 1.165) is 47.9 Å². The van der Waals surface area contributed by atoms with Gasteiger partial charge in [-0.3, -0.25) is 14.3 Å². The highest BCUT2D eigenvalue weighted by molar-refractivity contribution is 7.98. The van der Waals surface area contributed by atoms with E-state index in [1.54, 1.807) is 16.3 Å². The molecule has 1 aliphatic heterocycles. The standard InChI is InChI=1S/C15H20N4O2S/c1-10-8-18(11(2)16-10)5-3-6-19-13-4-7-22-9-12(13)14(20)17-15(19)21/h8H,3-7,9H2,1-2H3,(H,17,20,21). The van der Waals surface area contributed by atoms with Crippen LogP contribution in [0.4, 0.5) is 0 Å². The molecule has 3 rings (SSSR count). The second kappa shape index (κ2) is 6.16. The van der Waals surface area contributed by atoms with E-state index in [-0.39, 0.29) is 11.2 Å². The number of hydrogen-bond acceptors (Lipinski definition) is 4. The first-order chi connectivity index (χ1) is 10.6. The number of aromatic nitrogens is 4. The lowest BCUT2D eigenvalue weighted by Crippen LogP contribution is -2.37. The Bertz CT molecular complexity index is 803. The predicted octanol–water partition coefficient (Wildman–Crippen LogP) is 1.23. The van der Waals surface area contributed by atoms with Crippen LogP contribution in [0.25, 0.3) is 0 Å². The molecule has 6 nitrogen and oxygen atoms in total. The van der Waals surface area contributed by atoms with E-state index < -0.39 is 0 Å². The van der Waals surface area contributed by atoms with Gasteiger partial charge in [-0.15, -0.1) is 0 Å². The van der Waals surface area contributed by atoms with Gasteiger partial charge in [-0.05, 0) is 32.4 Å². The van der Waals surface area contributed by atoms with Gasteiger partial charge in [-0.2, -0.15) is 11.8 Å². The van der Waals surface area contributed by atoms with Gasteiger partial charge in [0.25, 0.3) is 5.56 Å². The van der Waals surface area contributed by atoms with Crippen molar-refractivity contribution in [3.63, 3.8) is 0 Å².